The molecule has 34 heavy (non-hydrogen) atoms. The van der Waals surface area contributed by atoms with Gasteiger partial charge in [-0.05, 0) is 67.4 Å². The predicted octanol–water partition coefficient (Wildman–Crippen LogP) is 5.73. The van der Waals surface area contributed by atoms with E-state index in [0.717, 1.165) is 43.9 Å². The predicted molar refractivity (Wildman–Crippen MR) is 134 cm³/mol. The van der Waals surface area contributed by atoms with E-state index in [1.807, 2.05) is 33.8 Å². The summed E-state index contributed by atoms with van der Waals surface area (Å²) in [6, 6.07) is 13.5. The lowest BCUT2D eigenvalue weighted by Crippen LogP contribution is -2.35. The Morgan fingerprint density at radius 1 is 1.15 bits per heavy atom. The molecule has 1 aliphatic rings. The number of fused-ring (bicyclic) bond motifs is 1. The molecule has 0 unspecified atom stereocenters. The molecule has 4 rings (SSSR count). The number of amides is 1. The largest absolute Gasteiger partial charge is 0.332 e. The highest BCUT2D eigenvalue weighted by Gasteiger charge is 2.28. The maximum atomic E-state index is 13.4. The van der Waals surface area contributed by atoms with Gasteiger partial charge in [0.15, 0.2) is 0 Å². The van der Waals surface area contributed by atoms with Crippen molar-refractivity contribution in [2.24, 2.45) is 5.92 Å². The minimum Gasteiger partial charge on any atom is -0.332 e. The molecule has 0 atom stereocenters. The molecule has 0 aliphatic carbocycles. The zero-order valence-corrected chi connectivity index (χ0v) is 20.9. The van der Waals surface area contributed by atoms with E-state index < -0.39 is 0 Å². The van der Waals surface area contributed by atoms with Crippen LogP contribution in [0.25, 0.3) is 5.69 Å². The highest BCUT2D eigenvalue weighted by atomic mass is 35.5. The Balaban J connectivity index is 1.71. The first-order valence-electron chi connectivity index (χ1n) is 12.0. The van der Waals surface area contributed by atoms with Crippen molar-refractivity contribution < 1.29 is 9.18 Å². The summed E-state index contributed by atoms with van der Waals surface area (Å²) in [4.78, 5) is 17.7. The number of halogens is 2. The van der Waals surface area contributed by atoms with Crippen LogP contribution in [0.1, 0.15) is 54.5 Å². The fourth-order valence-electron chi connectivity index (χ4n) is 4.59. The maximum Gasteiger partial charge on any atom is 0.254 e. The van der Waals surface area contributed by atoms with Crippen molar-refractivity contribution in [1.82, 2.24) is 19.6 Å². The number of hydrogen-bond acceptors (Lipinski definition) is 3. The van der Waals surface area contributed by atoms with Crippen molar-refractivity contribution in [2.45, 2.75) is 46.7 Å². The maximum absolute atomic E-state index is 13.4. The van der Waals surface area contributed by atoms with E-state index in [1.165, 1.54) is 23.4 Å². The molecule has 0 bridgehead atoms. The zero-order valence-electron chi connectivity index (χ0n) is 20.1. The highest BCUT2D eigenvalue weighted by Crippen LogP contribution is 2.28. The lowest BCUT2D eigenvalue weighted by Gasteiger charge is -2.28. The number of carbonyl (C=O) groups excluding carboxylic acids is 1. The summed E-state index contributed by atoms with van der Waals surface area (Å²) in [5.74, 6) is -0.168. The lowest BCUT2D eigenvalue weighted by molar-refractivity contribution is 0.0719. The Hall–Kier alpha value is -2.70. The Bertz CT molecular complexity index is 1120. The topological polar surface area (TPSA) is 41.4 Å². The quantitative estimate of drug-likeness (QED) is 0.411. The van der Waals surface area contributed by atoms with Gasteiger partial charge in [0.25, 0.3) is 5.91 Å². The van der Waals surface area contributed by atoms with Crippen LogP contribution < -0.4 is 0 Å². The van der Waals surface area contributed by atoms with Crippen LogP contribution in [0.3, 0.4) is 0 Å². The number of aromatic nitrogens is 2. The van der Waals surface area contributed by atoms with Gasteiger partial charge in [0.1, 0.15) is 5.82 Å². The van der Waals surface area contributed by atoms with Crippen molar-refractivity contribution in [3.8, 4) is 5.69 Å². The van der Waals surface area contributed by atoms with Crippen molar-refractivity contribution >= 4 is 17.5 Å². The third kappa shape index (κ3) is 5.50. The molecule has 0 spiro atoms. The monoisotopic (exact) mass is 482 g/mol. The van der Waals surface area contributed by atoms with Crippen molar-refractivity contribution in [3.05, 3.63) is 81.9 Å². The highest BCUT2D eigenvalue weighted by molar-refractivity contribution is 6.30. The van der Waals surface area contributed by atoms with E-state index in [0.29, 0.717) is 23.7 Å². The van der Waals surface area contributed by atoms with Crippen LogP contribution in [0.4, 0.5) is 4.39 Å². The first kappa shape index (κ1) is 24.4. The van der Waals surface area contributed by atoms with Gasteiger partial charge in [0, 0.05) is 42.2 Å². The summed E-state index contributed by atoms with van der Waals surface area (Å²) in [5, 5.41) is 5.70. The molecule has 0 fully saturated rings. The molecule has 2 aromatic carbocycles. The second kappa shape index (κ2) is 10.7. The first-order chi connectivity index (χ1) is 16.4. The van der Waals surface area contributed by atoms with Gasteiger partial charge in [-0.3, -0.25) is 9.69 Å². The van der Waals surface area contributed by atoms with Crippen LogP contribution in [-0.4, -0.2) is 45.1 Å². The summed E-state index contributed by atoms with van der Waals surface area (Å²) >= 11 is 6.12. The number of nitrogens with zero attached hydrogens (tertiary/aromatic N) is 4. The van der Waals surface area contributed by atoms with E-state index in [1.54, 1.807) is 12.1 Å². The van der Waals surface area contributed by atoms with E-state index in [4.69, 9.17) is 16.7 Å². The van der Waals surface area contributed by atoms with Gasteiger partial charge >= 0.3 is 0 Å². The molecule has 0 saturated carbocycles. The van der Waals surface area contributed by atoms with Gasteiger partial charge in [-0.2, -0.15) is 5.10 Å². The van der Waals surface area contributed by atoms with Crippen molar-refractivity contribution in [3.63, 3.8) is 0 Å². The number of rotatable bonds is 8. The molecule has 5 nitrogen and oxygen atoms in total. The van der Waals surface area contributed by atoms with Crippen LogP contribution in [-0.2, 0) is 19.5 Å². The van der Waals surface area contributed by atoms with Gasteiger partial charge in [-0.1, -0.05) is 32.4 Å². The third-order valence-corrected chi connectivity index (χ3v) is 6.39. The summed E-state index contributed by atoms with van der Waals surface area (Å²) in [5.41, 5.74) is 4.78. The zero-order chi connectivity index (χ0) is 24.2. The molecular weight excluding hydrogens is 451 g/mol. The molecule has 0 radical (unpaired) electrons. The lowest BCUT2D eigenvalue weighted by atomic mass is 10.0. The van der Waals surface area contributed by atoms with Crippen LogP contribution in [0.15, 0.2) is 48.5 Å². The summed E-state index contributed by atoms with van der Waals surface area (Å²) in [6.45, 7) is 10.2. The summed E-state index contributed by atoms with van der Waals surface area (Å²) in [6.07, 6.45) is 2.00. The van der Waals surface area contributed by atoms with Gasteiger partial charge in [0.05, 0.1) is 23.6 Å². The van der Waals surface area contributed by atoms with E-state index in [-0.39, 0.29) is 17.6 Å². The van der Waals surface area contributed by atoms with Gasteiger partial charge in [0.2, 0.25) is 0 Å². The fourth-order valence-corrected chi connectivity index (χ4v) is 4.71. The standard InChI is InChI=1S/C27H32ClFN4O/c1-4-14-31-15-13-26-24(17-31)25(30-33(26)23-11-7-21(28)8-12-23)18-32(16-19(2)3)27(34)20-5-9-22(29)10-6-20/h5-12,19H,4,13-18H2,1-3H3. The molecule has 0 N–H and O–H groups in total. The molecule has 1 amide bonds. The average molecular weight is 483 g/mol. The van der Waals surface area contributed by atoms with Gasteiger partial charge in [-0.15, -0.1) is 0 Å². The Morgan fingerprint density at radius 2 is 1.85 bits per heavy atom. The summed E-state index contributed by atoms with van der Waals surface area (Å²) < 4.78 is 15.4. The van der Waals surface area contributed by atoms with Crippen molar-refractivity contribution in [2.75, 3.05) is 19.6 Å². The number of hydrogen-bond donors (Lipinski definition) is 0. The Labute approximate surface area is 206 Å². The molecule has 1 aromatic heterocycles. The molecular formula is C27H32ClFN4O. The van der Waals surface area contributed by atoms with Crippen molar-refractivity contribution in [1.29, 1.82) is 0 Å². The SMILES string of the molecule is CCCN1CCc2c(c(CN(CC(C)C)C(=O)c3ccc(F)cc3)nn2-c2ccc(Cl)cc2)C1. The Morgan fingerprint density at radius 3 is 2.50 bits per heavy atom. The van der Waals surface area contributed by atoms with Crippen LogP contribution >= 0.6 is 11.6 Å². The third-order valence-electron chi connectivity index (χ3n) is 6.14. The van der Waals surface area contributed by atoms with E-state index >= 15 is 0 Å². The average Bonchev–Trinajstić information content (AvgIpc) is 3.17. The first-order valence-corrected chi connectivity index (χ1v) is 12.4. The van der Waals surface area contributed by atoms with Crippen LogP contribution in [0.5, 0.6) is 0 Å². The molecule has 2 heterocycles. The smallest absolute Gasteiger partial charge is 0.254 e. The normalized spacial score (nSPS) is 13.8. The van der Waals surface area contributed by atoms with Crippen LogP contribution in [0, 0.1) is 11.7 Å². The molecule has 0 saturated heterocycles. The minimum absolute atomic E-state index is 0.107. The second-order valence-electron chi connectivity index (χ2n) is 9.37. The summed E-state index contributed by atoms with van der Waals surface area (Å²) in [7, 11) is 0. The molecule has 180 valence electrons. The van der Waals surface area contributed by atoms with E-state index in [2.05, 4.69) is 25.7 Å². The fraction of sp³-hybridized carbons (Fsp3) is 0.407. The van der Waals surface area contributed by atoms with E-state index in [9.17, 15) is 9.18 Å². The Kier molecular flexibility index (Phi) is 7.69. The minimum atomic E-state index is -0.348. The number of carbonyl (C=O) groups is 1. The van der Waals surface area contributed by atoms with Gasteiger partial charge < -0.3 is 4.90 Å². The molecule has 1 aliphatic heterocycles. The number of benzene rings is 2. The molecule has 3 aromatic rings. The van der Waals surface area contributed by atoms with Crippen LogP contribution in [0.2, 0.25) is 5.02 Å². The van der Waals surface area contributed by atoms with Gasteiger partial charge in [-0.25, -0.2) is 9.07 Å². The second-order valence-corrected chi connectivity index (χ2v) is 9.81. The molecule has 7 heteroatoms.